The zero-order valence-electron chi connectivity index (χ0n) is 12.1. The number of carbonyl (C=O) groups is 1. The van der Waals surface area contributed by atoms with Gasteiger partial charge in [-0.3, -0.25) is 16.1 Å². The number of fused-ring (bicyclic) bond motifs is 1. The van der Waals surface area contributed by atoms with E-state index < -0.39 is 0 Å². The third-order valence-corrected chi connectivity index (χ3v) is 3.58. The lowest BCUT2D eigenvalue weighted by atomic mass is 9.97. The van der Waals surface area contributed by atoms with Crippen LogP contribution in [0.25, 0.3) is 0 Å². The maximum absolute atomic E-state index is 12.1. The molecule has 6 nitrogen and oxygen atoms in total. The van der Waals surface area contributed by atoms with Gasteiger partial charge in [-0.2, -0.15) is 0 Å². The van der Waals surface area contributed by atoms with Gasteiger partial charge in [0.25, 0.3) is 0 Å². The quantitative estimate of drug-likeness (QED) is 0.631. The molecule has 0 bridgehead atoms. The molecule has 1 heterocycles. The number of rotatable bonds is 4. The number of benzene rings is 1. The van der Waals surface area contributed by atoms with Gasteiger partial charge in [-0.05, 0) is 18.1 Å². The summed E-state index contributed by atoms with van der Waals surface area (Å²) < 4.78 is 10.6. The van der Waals surface area contributed by atoms with E-state index in [0.717, 1.165) is 17.7 Å². The predicted molar refractivity (Wildman–Crippen MR) is 77.0 cm³/mol. The Hall–Kier alpha value is -1.79. The van der Waals surface area contributed by atoms with Crippen molar-refractivity contribution in [2.24, 2.45) is 5.84 Å². The molecular formula is C14H21N3O3. The van der Waals surface area contributed by atoms with Crippen molar-refractivity contribution in [3.8, 4) is 11.5 Å². The first-order chi connectivity index (χ1) is 9.64. The van der Waals surface area contributed by atoms with E-state index >= 15 is 0 Å². The van der Waals surface area contributed by atoms with Crippen molar-refractivity contribution in [2.75, 3.05) is 25.7 Å². The average Bonchev–Trinajstić information content (AvgIpc) is 2.51. The summed E-state index contributed by atoms with van der Waals surface area (Å²) in [4.78, 5) is 13.9. The van der Waals surface area contributed by atoms with E-state index in [2.05, 4.69) is 5.43 Å². The Kier molecular flexibility index (Phi) is 4.46. The molecule has 2 rings (SSSR count). The zero-order chi connectivity index (χ0) is 14.7. The third-order valence-electron chi connectivity index (χ3n) is 3.58. The summed E-state index contributed by atoms with van der Waals surface area (Å²) in [6.07, 6.45) is 1.20. The standard InChI is InChI=1S/C14H21N3O3/c1-4-14(18)17-8-10(16-15)5-9-6-12(19-2)13(20-3)7-11(9)17/h6-7,10,16H,4-5,8,15H2,1-3H3. The monoisotopic (exact) mass is 279 g/mol. The second kappa shape index (κ2) is 6.11. The van der Waals surface area contributed by atoms with Gasteiger partial charge in [0.05, 0.1) is 19.9 Å². The molecule has 6 heteroatoms. The SMILES string of the molecule is CCC(=O)N1CC(NN)Cc2cc(OC)c(OC)cc21. The second-order valence-corrected chi connectivity index (χ2v) is 4.76. The van der Waals surface area contributed by atoms with Crippen LogP contribution in [-0.2, 0) is 11.2 Å². The van der Waals surface area contributed by atoms with Crippen LogP contribution in [0, 0.1) is 0 Å². The highest BCUT2D eigenvalue weighted by Gasteiger charge is 2.28. The molecular weight excluding hydrogens is 258 g/mol. The minimum atomic E-state index is 0.0381. The molecule has 0 saturated heterocycles. The van der Waals surface area contributed by atoms with Gasteiger partial charge in [-0.1, -0.05) is 6.92 Å². The summed E-state index contributed by atoms with van der Waals surface area (Å²) in [6, 6.07) is 3.80. The number of nitrogens with zero attached hydrogens (tertiary/aromatic N) is 1. The van der Waals surface area contributed by atoms with Gasteiger partial charge in [0.2, 0.25) is 5.91 Å². The fourth-order valence-electron chi connectivity index (χ4n) is 2.51. The van der Waals surface area contributed by atoms with E-state index in [9.17, 15) is 4.79 Å². The lowest BCUT2D eigenvalue weighted by Gasteiger charge is -2.34. The van der Waals surface area contributed by atoms with Gasteiger partial charge in [0.1, 0.15) is 0 Å². The van der Waals surface area contributed by atoms with E-state index in [1.165, 1.54) is 0 Å². The third kappa shape index (κ3) is 2.57. The summed E-state index contributed by atoms with van der Waals surface area (Å²) in [7, 11) is 3.18. The molecule has 1 aliphatic heterocycles. The lowest BCUT2D eigenvalue weighted by Crippen LogP contribution is -2.50. The fraction of sp³-hybridized carbons (Fsp3) is 0.500. The predicted octanol–water partition coefficient (Wildman–Crippen LogP) is 0.835. The van der Waals surface area contributed by atoms with Crippen LogP contribution >= 0.6 is 0 Å². The molecule has 3 N–H and O–H groups in total. The van der Waals surface area contributed by atoms with Gasteiger partial charge in [-0.15, -0.1) is 0 Å². The first-order valence-electron chi connectivity index (χ1n) is 6.66. The molecule has 0 aliphatic carbocycles. The number of hydrazine groups is 1. The van der Waals surface area contributed by atoms with Crippen LogP contribution in [-0.4, -0.2) is 32.7 Å². The summed E-state index contributed by atoms with van der Waals surface area (Å²) in [5, 5.41) is 0. The van der Waals surface area contributed by atoms with Crippen LogP contribution in [0.5, 0.6) is 11.5 Å². The van der Waals surface area contributed by atoms with Crippen molar-refractivity contribution in [1.82, 2.24) is 5.43 Å². The first kappa shape index (κ1) is 14.6. The topological polar surface area (TPSA) is 76.8 Å². The molecule has 110 valence electrons. The lowest BCUT2D eigenvalue weighted by molar-refractivity contribution is -0.118. The fourth-order valence-corrected chi connectivity index (χ4v) is 2.51. The van der Waals surface area contributed by atoms with Crippen molar-refractivity contribution < 1.29 is 14.3 Å². The van der Waals surface area contributed by atoms with Crippen LogP contribution < -0.4 is 25.6 Å². The number of nitrogens with two attached hydrogens (primary N) is 1. The van der Waals surface area contributed by atoms with Crippen LogP contribution in [0.2, 0.25) is 0 Å². The van der Waals surface area contributed by atoms with Crippen LogP contribution in [0.1, 0.15) is 18.9 Å². The molecule has 0 fully saturated rings. The van der Waals surface area contributed by atoms with Crippen molar-refractivity contribution in [1.29, 1.82) is 0 Å². The number of methoxy groups -OCH3 is 2. The maximum atomic E-state index is 12.1. The highest BCUT2D eigenvalue weighted by Crippen LogP contribution is 2.38. The van der Waals surface area contributed by atoms with Gasteiger partial charge >= 0.3 is 0 Å². The van der Waals surface area contributed by atoms with Crippen LogP contribution in [0.15, 0.2) is 12.1 Å². The molecule has 20 heavy (non-hydrogen) atoms. The minimum Gasteiger partial charge on any atom is -0.493 e. The molecule has 0 spiro atoms. The van der Waals surface area contributed by atoms with Crippen LogP contribution in [0.3, 0.4) is 0 Å². The molecule has 0 saturated carbocycles. The molecule has 0 aromatic heterocycles. The van der Waals surface area contributed by atoms with E-state index in [1.807, 2.05) is 19.1 Å². The van der Waals surface area contributed by atoms with Crippen molar-refractivity contribution >= 4 is 11.6 Å². The Morgan fingerprint density at radius 3 is 2.60 bits per heavy atom. The number of ether oxygens (including phenoxy) is 2. The molecule has 1 amide bonds. The molecule has 1 aliphatic rings. The van der Waals surface area contributed by atoms with Gasteiger partial charge < -0.3 is 14.4 Å². The van der Waals surface area contributed by atoms with E-state index in [1.54, 1.807) is 19.1 Å². The minimum absolute atomic E-state index is 0.0381. The molecule has 1 atom stereocenters. The summed E-state index contributed by atoms with van der Waals surface area (Å²) >= 11 is 0. The highest BCUT2D eigenvalue weighted by atomic mass is 16.5. The number of carbonyl (C=O) groups excluding carboxylic acids is 1. The van der Waals surface area contributed by atoms with Gasteiger partial charge in [-0.25, -0.2) is 0 Å². The summed E-state index contributed by atoms with van der Waals surface area (Å²) in [5.41, 5.74) is 4.66. The van der Waals surface area contributed by atoms with E-state index in [4.69, 9.17) is 15.3 Å². The number of amides is 1. The molecule has 1 unspecified atom stereocenters. The Balaban J connectivity index is 2.49. The Labute approximate surface area is 118 Å². The number of hydrogen-bond acceptors (Lipinski definition) is 5. The van der Waals surface area contributed by atoms with Gasteiger partial charge in [0.15, 0.2) is 11.5 Å². The van der Waals surface area contributed by atoms with Crippen molar-refractivity contribution in [3.05, 3.63) is 17.7 Å². The normalized spacial score (nSPS) is 17.6. The first-order valence-corrected chi connectivity index (χ1v) is 6.66. The number of nitrogens with one attached hydrogen (secondary N) is 1. The molecule has 1 aromatic rings. The largest absolute Gasteiger partial charge is 0.493 e. The molecule has 0 radical (unpaired) electrons. The smallest absolute Gasteiger partial charge is 0.226 e. The second-order valence-electron chi connectivity index (χ2n) is 4.76. The Bertz CT molecular complexity index is 505. The van der Waals surface area contributed by atoms with E-state index in [-0.39, 0.29) is 11.9 Å². The summed E-state index contributed by atoms with van der Waals surface area (Å²) in [5.74, 6) is 6.90. The van der Waals surface area contributed by atoms with Crippen molar-refractivity contribution in [2.45, 2.75) is 25.8 Å². The number of hydrogen-bond donors (Lipinski definition) is 2. The summed E-state index contributed by atoms with van der Waals surface area (Å²) in [6.45, 7) is 2.41. The maximum Gasteiger partial charge on any atom is 0.226 e. The Morgan fingerprint density at radius 2 is 2.05 bits per heavy atom. The van der Waals surface area contributed by atoms with Gasteiger partial charge in [0, 0.05) is 25.1 Å². The average molecular weight is 279 g/mol. The zero-order valence-corrected chi connectivity index (χ0v) is 12.1. The van der Waals surface area contributed by atoms with E-state index in [0.29, 0.717) is 24.5 Å². The van der Waals surface area contributed by atoms with Crippen LogP contribution in [0.4, 0.5) is 5.69 Å². The molecule has 1 aromatic carbocycles. The highest BCUT2D eigenvalue weighted by molar-refractivity contribution is 5.95. The Morgan fingerprint density at radius 1 is 1.40 bits per heavy atom. The van der Waals surface area contributed by atoms with Crippen molar-refractivity contribution in [3.63, 3.8) is 0 Å². The number of anilines is 1.